The van der Waals surface area contributed by atoms with E-state index in [0.29, 0.717) is 19.0 Å². The summed E-state index contributed by atoms with van der Waals surface area (Å²) >= 11 is 0. The van der Waals surface area contributed by atoms with Crippen molar-refractivity contribution < 1.29 is 19.1 Å². The molecule has 0 bridgehead atoms. The summed E-state index contributed by atoms with van der Waals surface area (Å²) in [6.45, 7) is 2.54. The number of amides is 3. The highest BCUT2D eigenvalue weighted by atomic mass is 16.5. The van der Waals surface area contributed by atoms with Gasteiger partial charge in [0.25, 0.3) is 0 Å². The number of anilines is 1. The average Bonchev–Trinajstić information content (AvgIpc) is 2.70. The summed E-state index contributed by atoms with van der Waals surface area (Å²) in [4.78, 5) is 42.6. The Labute approximate surface area is 172 Å². The third-order valence-corrected chi connectivity index (χ3v) is 4.97. The Balaban J connectivity index is 1.81. The summed E-state index contributed by atoms with van der Waals surface area (Å²) in [7, 11) is 1.55. The summed E-state index contributed by atoms with van der Waals surface area (Å²) in [6, 6.07) is 3.80. The van der Waals surface area contributed by atoms with Crippen molar-refractivity contribution >= 4 is 23.5 Å². The Morgan fingerprint density at radius 3 is 2.62 bits per heavy atom. The molecule has 8 nitrogen and oxygen atoms in total. The van der Waals surface area contributed by atoms with Gasteiger partial charge in [0.05, 0.1) is 13.2 Å². The van der Waals surface area contributed by atoms with Gasteiger partial charge < -0.3 is 20.3 Å². The molecule has 160 valence electrons. The predicted octanol–water partition coefficient (Wildman–Crippen LogP) is 2.03. The molecule has 1 aromatic heterocycles. The molecule has 0 unspecified atom stereocenters. The number of nitrogens with one attached hydrogen (secondary N) is 2. The lowest BCUT2D eigenvalue weighted by molar-refractivity contribution is -0.137. The molecular weight excluding hydrogens is 372 g/mol. The molecular formula is C21H32N4O4. The van der Waals surface area contributed by atoms with Gasteiger partial charge in [0.1, 0.15) is 5.82 Å². The van der Waals surface area contributed by atoms with Gasteiger partial charge in [-0.25, -0.2) is 4.98 Å². The monoisotopic (exact) mass is 404 g/mol. The fourth-order valence-corrected chi connectivity index (χ4v) is 3.38. The first-order chi connectivity index (χ1) is 14.0. The molecule has 1 aliphatic rings. The summed E-state index contributed by atoms with van der Waals surface area (Å²) in [6.07, 6.45) is 7.12. The third-order valence-electron chi connectivity index (χ3n) is 4.97. The van der Waals surface area contributed by atoms with Crippen LogP contribution >= 0.6 is 0 Å². The van der Waals surface area contributed by atoms with Crippen LogP contribution in [-0.4, -0.2) is 60.5 Å². The summed E-state index contributed by atoms with van der Waals surface area (Å²) in [5.74, 6) is -0.219. The van der Waals surface area contributed by atoms with Crippen LogP contribution < -0.4 is 10.6 Å². The van der Waals surface area contributed by atoms with Crippen LogP contribution in [0.2, 0.25) is 0 Å². The predicted molar refractivity (Wildman–Crippen MR) is 110 cm³/mol. The van der Waals surface area contributed by atoms with Crippen molar-refractivity contribution in [3.8, 4) is 0 Å². The standard InChI is InChI=1S/C21H32N4O4/c1-16-10-11-22-18(14-16)24-19(26)8-9-21(28)25(12-13-29-2)15-20(27)23-17-6-4-3-5-7-17/h10-11,14,17H,3-9,12-13,15H2,1-2H3,(H,23,27)(H,22,24,26). The van der Waals surface area contributed by atoms with Crippen molar-refractivity contribution in [1.29, 1.82) is 0 Å². The molecule has 0 saturated heterocycles. The number of carbonyl (C=O) groups excluding carboxylic acids is 3. The second-order valence-electron chi connectivity index (χ2n) is 7.48. The molecule has 29 heavy (non-hydrogen) atoms. The van der Waals surface area contributed by atoms with Crippen LogP contribution in [0.15, 0.2) is 18.3 Å². The van der Waals surface area contributed by atoms with Gasteiger partial charge in [-0.1, -0.05) is 19.3 Å². The second kappa shape index (κ2) is 12.2. The second-order valence-corrected chi connectivity index (χ2v) is 7.48. The summed E-state index contributed by atoms with van der Waals surface area (Å²) < 4.78 is 5.06. The van der Waals surface area contributed by atoms with Crippen molar-refractivity contribution in [3.05, 3.63) is 23.9 Å². The quantitative estimate of drug-likeness (QED) is 0.621. The molecule has 0 atom stereocenters. The molecule has 2 N–H and O–H groups in total. The van der Waals surface area contributed by atoms with Gasteiger partial charge in [-0.3, -0.25) is 14.4 Å². The van der Waals surface area contributed by atoms with Gasteiger partial charge in [-0.05, 0) is 37.5 Å². The van der Waals surface area contributed by atoms with E-state index in [1.54, 1.807) is 19.4 Å². The first-order valence-corrected chi connectivity index (χ1v) is 10.3. The van der Waals surface area contributed by atoms with Crippen LogP contribution in [0, 0.1) is 6.92 Å². The molecule has 0 aliphatic heterocycles. The third kappa shape index (κ3) is 8.60. The van der Waals surface area contributed by atoms with Gasteiger partial charge in [-0.2, -0.15) is 0 Å². The topological polar surface area (TPSA) is 101 Å². The summed E-state index contributed by atoms with van der Waals surface area (Å²) in [5, 5.41) is 5.71. The Morgan fingerprint density at radius 1 is 1.17 bits per heavy atom. The Bertz CT molecular complexity index is 689. The zero-order chi connectivity index (χ0) is 21.1. The van der Waals surface area contributed by atoms with Crippen LogP contribution in [0.1, 0.15) is 50.5 Å². The SMILES string of the molecule is COCCN(CC(=O)NC1CCCCC1)C(=O)CCC(=O)Nc1cc(C)ccn1. The van der Waals surface area contributed by atoms with E-state index >= 15 is 0 Å². The maximum absolute atomic E-state index is 12.6. The minimum atomic E-state index is -0.283. The van der Waals surface area contributed by atoms with E-state index in [4.69, 9.17) is 4.74 Å². The Kier molecular flexibility index (Phi) is 9.56. The van der Waals surface area contributed by atoms with Crippen LogP contribution in [0.4, 0.5) is 5.82 Å². The molecule has 1 aromatic rings. The number of methoxy groups -OCH3 is 1. The van der Waals surface area contributed by atoms with E-state index in [1.807, 2.05) is 13.0 Å². The molecule has 8 heteroatoms. The smallest absolute Gasteiger partial charge is 0.239 e. The van der Waals surface area contributed by atoms with Gasteiger partial charge in [0.15, 0.2) is 0 Å². The van der Waals surface area contributed by atoms with E-state index in [2.05, 4.69) is 15.6 Å². The first kappa shape index (κ1) is 22.8. The fourth-order valence-electron chi connectivity index (χ4n) is 3.38. The maximum atomic E-state index is 12.6. The van der Waals surface area contributed by atoms with Gasteiger partial charge in [0, 0.05) is 38.7 Å². The molecule has 1 heterocycles. The van der Waals surface area contributed by atoms with Crippen LogP contribution in [0.25, 0.3) is 0 Å². The van der Waals surface area contributed by atoms with Crippen molar-refractivity contribution in [2.24, 2.45) is 0 Å². The van der Waals surface area contributed by atoms with E-state index in [1.165, 1.54) is 11.3 Å². The number of hydrogen-bond donors (Lipinski definition) is 2. The zero-order valence-corrected chi connectivity index (χ0v) is 17.4. The lowest BCUT2D eigenvalue weighted by atomic mass is 9.95. The molecule has 0 aromatic carbocycles. The minimum Gasteiger partial charge on any atom is -0.383 e. The molecule has 1 saturated carbocycles. The molecule has 2 rings (SSSR count). The van der Waals surface area contributed by atoms with Gasteiger partial charge in [0.2, 0.25) is 17.7 Å². The number of aromatic nitrogens is 1. The Morgan fingerprint density at radius 2 is 1.93 bits per heavy atom. The van der Waals surface area contributed by atoms with E-state index in [0.717, 1.165) is 31.2 Å². The van der Waals surface area contributed by atoms with Crippen molar-refractivity contribution in [2.75, 3.05) is 32.1 Å². The number of rotatable bonds is 10. The van der Waals surface area contributed by atoms with Gasteiger partial charge in [-0.15, -0.1) is 0 Å². The number of carbonyl (C=O) groups is 3. The molecule has 0 spiro atoms. The number of ether oxygens (including phenoxy) is 1. The van der Waals surface area contributed by atoms with Gasteiger partial charge >= 0.3 is 0 Å². The lowest BCUT2D eigenvalue weighted by Crippen LogP contribution is -2.45. The van der Waals surface area contributed by atoms with Crippen LogP contribution in [0.5, 0.6) is 0 Å². The van der Waals surface area contributed by atoms with E-state index < -0.39 is 0 Å². The van der Waals surface area contributed by atoms with Crippen molar-refractivity contribution in [3.63, 3.8) is 0 Å². The lowest BCUT2D eigenvalue weighted by Gasteiger charge is -2.26. The van der Waals surface area contributed by atoms with Crippen LogP contribution in [-0.2, 0) is 19.1 Å². The van der Waals surface area contributed by atoms with Crippen molar-refractivity contribution in [1.82, 2.24) is 15.2 Å². The first-order valence-electron chi connectivity index (χ1n) is 10.3. The van der Waals surface area contributed by atoms with Crippen molar-refractivity contribution in [2.45, 2.75) is 57.9 Å². The number of aryl methyl sites for hydroxylation is 1. The molecule has 1 aliphatic carbocycles. The van der Waals surface area contributed by atoms with E-state index in [-0.39, 0.29) is 43.1 Å². The highest BCUT2D eigenvalue weighted by molar-refractivity contribution is 5.93. The molecule has 1 fully saturated rings. The summed E-state index contributed by atoms with van der Waals surface area (Å²) in [5.41, 5.74) is 0.987. The maximum Gasteiger partial charge on any atom is 0.239 e. The molecule has 0 radical (unpaired) electrons. The molecule has 3 amide bonds. The number of nitrogens with zero attached hydrogens (tertiary/aromatic N) is 2. The normalized spacial score (nSPS) is 14.3. The van der Waals surface area contributed by atoms with Crippen LogP contribution in [0.3, 0.4) is 0 Å². The zero-order valence-electron chi connectivity index (χ0n) is 17.4. The number of pyridine rings is 1. The number of hydrogen-bond acceptors (Lipinski definition) is 5. The average molecular weight is 405 g/mol. The fraction of sp³-hybridized carbons (Fsp3) is 0.619. The van der Waals surface area contributed by atoms with E-state index in [9.17, 15) is 14.4 Å². The minimum absolute atomic E-state index is 0.0141. The largest absolute Gasteiger partial charge is 0.383 e. The highest BCUT2D eigenvalue weighted by Gasteiger charge is 2.21. The highest BCUT2D eigenvalue weighted by Crippen LogP contribution is 2.17. The Hall–Kier alpha value is -2.48.